The quantitative estimate of drug-likeness (QED) is 0.680. The Morgan fingerprint density at radius 3 is 2.62 bits per heavy atom. The zero-order chi connectivity index (χ0) is 20.8. The van der Waals surface area contributed by atoms with Gasteiger partial charge in [-0.1, -0.05) is 55.5 Å². The topological polar surface area (TPSA) is 91.9 Å². The van der Waals surface area contributed by atoms with Crippen LogP contribution in [-0.2, 0) is 6.42 Å². The van der Waals surface area contributed by atoms with Gasteiger partial charge in [0.2, 0.25) is 0 Å². The molecule has 0 saturated carbocycles. The number of benzene rings is 1. The number of aromatic amines is 1. The molecule has 0 radical (unpaired) electrons. The zero-order valence-electron chi connectivity index (χ0n) is 16.5. The fourth-order valence-corrected chi connectivity index (χ4v) is 4.64. The van der Waals surface area contributed by atoms with Gasteiger partial charge in [0.25, 0.3) is 11.5 Å². The van der Waals surface area contributed by atoms with Crippen molar-refractivity contribution in [2.45, 2.75) is 33.6 Å². The Labute approximate surface area is 172 Å². The van der Waals surface area contributed by atoms with E-state index in [4.69, 9.17) is 0 Å². The molecule has 2 aromatic heterocycles. The molecule has 0 bridgehead atoms. The van der Waals surface area contributed by atoms with Gasteiger partial charge in [-0.25, -0.2) is 4.98 Å². The molecule has 0 aliphatic heterocycles. The first kappa shape index (κ1) is 19.3. The predicted octanol–water partition coefficient (Wildman–Crippen LogP) is 4.21. The Morgan fingerprint density at radius 2 is 1.90 bits per heavy atom. The maximum absolute atomic E-state index is 12.7. The van der Waals surface area contributed by atoms with Crippen LogP contribution in [0.4, 0.5) is 5.13 Å². The van der Waals surface area contributed by atoms with Crippen LogP contribution in [0.2, 0.25) is 0 Å². The number of aryl methyl sites for hydroxylation is 1. The molecule has 2 N–H and O–H groups in total. The van der Waals surface area contributed by atoms with Gasteiger partial charge in [0.1, 0.15) is 5.56 Å². The zero-order valence-corrected chi connectivity index (χ0v) is 17.3. The van der Waals surface area contributed by atoms with E-state index in [1.54, 1.807) is 0 Å². The van der Waals surface area contributed by atoms with Crippen LogP contribution in [0, 0.1) is 12.3 Å². The lowest BCUT2D eigenvalue weighted by molar-refractivity contribution is 0.0910. The smallest absolute Gasteiger partial charge is 0.263 e. The summed E-state index contributed by atoms with van der Waals surface area (Å²) < 4.78 is 0. The number of H-pyrrole nitrogens is 1. The molecule has 29 heavy (non-hydrogen) atoms. The molecule has 2 heterocycles. The lowest BCUT2D eigenvalue weighted by Crippen LogP contribution is -2.32. The first-order valence-corrected chi connectivity index (χ1v) is 10.2. The number of amides is 1. The van der Waals surface area contributed by atoms with Crippen LogP contribution in [0.5, 0.6) is 0 Å². The summed E-state index contributed by atoms with van der Waals surface area (Å²) in [7, 11) is 0. The SMILES string of the molecule is Cc1nc(NC(=O)c2cc3c([nH]c2=O)CC(C)(C)CC3=O)sc1-c1ccccc1. The van der Waals surface area contributed by atoms with E-state index in [9.17, 15) is 14.4 Å². The first-order chi connectivity index (χ1) is 13.7. The van der Waals surface area contributed by atoms with Gasteiger partial charge < -0.3 is 4.98 Å². The van der Waals surface area contributed by atoms with Gasteiger partial charge in [0.05, 0.1) is 10.6 Å². The summed E-state index contributed by atoms with van der Waals surface area (Å²) in [6.07, 6.45) is 0.983. The lowest BCUT2D eigenvalue weighted by Gasteiger charge is -2.29. The molecule has 3 aromatic rings. The molecule has 0 atom stereocenters. The number of hydrogen-bond acceptors (Lipinski definition) is 5. The highest BCUT2D eigenvalue weighted by atomic mass is 32.1. The molecular formula is C22H21N3O3S. The fourth-order valence-electron chi connectivity index (χ4n) is 3.67. The molecule has 0 spiro atoms. The van der Waals surface area contributed by atoms with Crippen molar-refractivity contribution < 1.29 is 9.59 Å². The second kappa shape index (κ2) is 7.08. The minimum Gasteiger partial charge on any atom is -0.325 e. The molecule has 1 aliphatic carbocycles. The van der Waals surface area contributed by atoms with Crippen molar-refractivity contribution in [3.05, 3.63) is 69.3 Å². The van der Waals surface area contributed by atoms with Gasteiger partial charge in [-0.3, -0.25) is 19.7 Å². The third-order valence-electron chi connectivity index (χ3n) is 5.02. The number of hydrogen-bond donors (Lipinski definition) is 2. The number of rotatable bonds is 3. The van der Waals surface area contributed by atoms with Crippen molar-refractivity contribution >= 4 is 28.2 Å². The van der Waals surface area contributed by atoms with Crippen LogP contribution in [0.25, 0.3) is 10.4 Å². The number of ketones is 1. The number of fused-ring (bicyclic) bond motifs is 1. The van der Waals surface area contributed by atoms with Crippen LogP contribution in [-0.4, -0.2) is 21.7 Å². The Balaban J connectivity index is 1.63. The maximum atomic E-state index is 12.7. The van der Waals surface area contributed by atoms with Crippen LogP contribution in [0.3, 0.4) is 0 Å². The molecule has 0 unspecified atom stereocenters. The molecule has 6 nitrogen and oxygen atoms in total. The summed E-state index contributed by atoms with van der Waals surface area (Å²) in [6.45, 7) is 5.85. The van der Waals surface area contributed by atoms with Gasteiger partial charge in [-0.15, -0.1) is 0 Å². The standard InChI is InChI=1S/C22H21N3O3S/c1-12-18(13-7-5-4-6-8-13)29-21(23-12)25-20(28)15-9-14-16(24-19(15)27)10-22(2,3)11-17(14)26/h4-9H,10-11H2,1-3H3,(H,24,27)(H,23,25,28). The van der Waals surface area contributed by atoms with E-state index in [0.717, 1.165) is 16.1 Å². The van der Waals surface area contributed by atoms with Crippen LogP contribution >= 0.6 is 11.3 Å². The lowest BCUT2D eigenvalue weighted by atomic mass is 9.75. The van der Waals surface area contributed by atoms with Gasteiger partial charge in [0.15, 0.2) is 10.9 Å². The Hall–Kier alpha value is -3.06. The third-order valence-corrected chi connectivity index (χ3v) is 6.14. The predicted molar refractivity (Wildman–Crippen MR) is 114 cm³/mol. The number of nitrogens with zero attached hydrogens (tertiary/aromatic N) is 1. The van der Waals surface area contributed by atoms with Crippen molar-refractivity contribution in [2.24, 2.45) is 5.41 Å². The number of pyridine rings is 1. The average Bonchev–Trinajstić information content (AvgIpc) is 3.01. The molecule has 4 rings (SSSR count). The summed E-state index contributed by atoms with van der Waals surface area (Å²) in [5, 5.41) is 3.12. The second-order valence-electron chi connectivity index (χ2n) is 8.10. The van der Waals surface area contributed by atoms with E-state index in [-0.39, 0.29) is 16.8 Å². The van der Waals surface area contributed by atoms with Gasteiger partial charge >= 0.3 is 0 Å². The number of nitrogens with one attached hydrogen (secondary N) is 2. The monoisotopic (exact) mass is 407 g/mol. The molecule has 1 aromatic carbocycles. The number of carbonyl (C=O) groups is 2. The Morgan fingerprint density at radius 1 is 1.17 bits per heavy atom. The molecule has 0 fully saturated rings. The van der Waals surface area contributed by atoms with Crippen molar-refractivity contribution in [3.8, 4) is 10.4 Å². The maximum Gasteiger partial charge on any atom is 0.263 e. The van der Waals surface area contributed by atoms with E-state index >= 15 is 0 Å². The highest BCUT2D eigenvalue weighted by Crippen LogP contribution is 2.34. The molecule has 1 amide bonds. The number of carbonyl (C=O) groups excluding carboxylic acids is 2. The van der Waals surface area contributed by atoms with Crippen LogP contribution in [0.1, 0.15) is 52.4 Å². The number of thiazole rings is 1. The highest BCUT2D eigenvalue weighted by molar-refractivity contribution is 7.19. The van der Waals surface area contributed by atoms with Crippen LogP contribution in [0.15, 0.2) is 41.2 Å². The summed E-state index contributed by atoms with van der Waals surface area (Å²) in [5.41, 5.74) is 2.06. The normalized spacial score (nSPS) is 15.1. The average molecular weight is 407 g/mol. The summed E-state index contributed by atoms with van der Waals surface area (Å²) in [4.78, 5) is 45.8. The van der Waals surface area contributed by atoms with E-state index in [0.29, 0.717) is 29.2 Å². The fraction of sp³-hybridized carbons (Fsp3) is 0.273. The largest absolute Gasteiger partial charge is 0.325 e. The third kappa shape index (κ3) is 3.78. The number of Topliss-reactive ketones (excluding diaryl/α,β-unsaturated/α-hetero) is 1. The van der Waals surface area contributed by atoms with Crippen molar-refractivity contribution in [1.82, 2.24) is 9.97 Å². The molecular weight excluding hydrogens is 386 g/mol. The van der Waals surface area contributed by atoms with Crippen molar-refractivity contribution in [1.29, 1.82) is 0 Å². The van der Waals surface area contributed by atoms with Crippen LogP contribution < -0.4 is 10.9 Å². The van der Waals surface area contributed by atoms with Crippen molar-refractivity contribution in [3.63, 3.8) is 0 Å². The van der Waals surface area contributed by atoms with E-state index < -0.39 is 11.5 Å². The van der Waals surface area contributed by atoms with E-state index in [1.165, 1.54) is 17.4 Å². The molecule has 1 aliphatic rings. The molecule has 7 heteroatoms. The Bertz CT molecular complexity index is 1180. The van der Waals surface area contributed by atoms with E-state index in [1.807, 2.05) is 51.1 Å². The summed E-state index contributed by atoms with van der Waals surface area (Å²) >= 11 is 1.35. The first-order valence-electron chi connectivity index (χ1n) is 9.37. The minimum absolute atomic E-state index is 0.0574. The van der Waals surface area contributed by atoms with Gasteiger partial charge in [-0.2, -0.15) is 0 Å². The van der Waals surface area contributed by atoms with Crippen molar-refractivity contribution in [2.75, 3.05) is 5.32 Å². The minimum atomic E-state index is -0.569. The van der Waals surface area contributed by atoms with Gasteiger partial charge in [0, 0.05) is 17.7 Å². The molecule has 148 valence electrons. The Kier molecular flexibility index (Phi) is 4.70. The molecule has 0 saturated heterocycles. The van der Waals surface area contributed by atoms with Gasteiger partial charge in [-0.05, 0) is 30.4 Å². The number of anilines is 1. The summed E-state index contributed by atoms with van der Waals surface area (Å²) in [6, 6.07) is 11.2. The number of aromatic nitrogens is 2. The highest BCUT2D eigenvalue weighted by Gasteiger charge is 2.32. The summed E-state index contributed by atoms with van der Waals surface area (Å²) in [5.74, 6) is -0.627. The second-order valence-corrected chi connectivity index (χ2v) is 9.10. The van der Waals surface area contributed by atoms with E-state index in [2.05, 4.69) is 15.3 Å².